The number of carbonyl (C=O) groups is 2. The van der Waals surface area contributed by atoms with Crippen LogP contribution in [0.1, 0.15) is 27.2 Å². The normalized spacial score (nSPS) is 16.2. The molecule has 0 aliphatic carbocycles. The van der Waals surface area contributed by atoms with Gasteiger partial charge in [0.2, 0.25) is 5.91 Å². The number of rotatable bonds is 4. The zero-order valence-corrected chi connectivity index (χ0v) is 13.6. The van der Waals surface area contributed by atoms with Gasteiger partial charge < -0.3 is 0 Å². The van der Waals surface area contributed by atoms with E-state index in [-0.39, 0.29) is 23.8 Å². The molecule has 1 heterocycles. The number of hydrogen-bond acceptors (Lipinski definition) is 3. The highest BCUT2D eigenvalue weighted by atomic mass is 16.2. The quantitative estimate of drug-likeness (QED) is 0.483. The topological polar surface area (TPSA) is 89.4 Å². The highest BCUT2D eigenvalue weighted by Gasteiger charge is 2.36. The van der Waals surface area contributed by atoms with Crippen molar-refractivity contribution in [2.75, 3.05) is 18.0 Å². The Morgan fingerprint density at radius 3 is 2.52 bits per heavy atom. The molecule has 2 rings (SSSR count). The molecular formula is C16H21N5O2. The van der Waals surface area contributed by atoms with Gasteiger partial charge in [0.15, 0.2) is 0 Å². The van der Waals surface area contributed by atoms with E-state index in [1.807, 2.05) is 51.1 Å². The molecule has 7 nitrogen and oxygen atoms in total. The van der Waals surface area contributed by atoms with Crippen LogP contribution in [0.2, 0.25) is 0 Å². The fourth-order valence-electron chi connectivity index (χ4n) is 2.47. The van der Waals surface area contributed by atoms with E-state index in [0.29, 0.717) is 13.1 Å². The van der Waals surface area contributed by atoms with Gasteiger partial charge in [0.05, 0.1) is 6.04 Å². The molecule has 0 saturated carbocycles. The average molecular weight is 315 g/mol. The summed E-state index contributed by atoms with van der Waals surface area (Å²) in [5.41, 5.74) is 9.11. The van der Waals surface area contributed by atoms with Crippen molar-refractivity contribution in [1.29, 1.82) is 0 Å². The largest absolute Gasteiger partial charge is 0.331 e. The van der Waals surface area contributed by atoms with E-state index in [1.165, 1.54) is 4.90 Å². The van der Waals surface area contributed by atoms with Crippen LogP contribution in [-0.2, 0) is 4.79 Å². The van der Waals surface area contributed by atoms with E-state index >= 15 is 0 Å². The summed E-state index contributed by atoms with van der Waals surface area (Å²) in [7, 11) is 0. The average Bonchev–Trinajstić information content (AvgIpc) is 2.88. The lowest BCUT2D eigenvalue weighted by Crippen LogP contribution is -2.39. The minimum absolute atomic E-state index is 0.0297. The Balaban J connectivity index is 2.09. The summed E-state index contributed by atoms with van der Waals surface area (Å²) >= 11 is 0. The zero-order chi connectivity index (χ0) is 17.0. The number of nitrogens with zero attached hydrogens (tertiary/aromatic N) is 5. The Bertz CT molecular complexity index is 632. The van der Waals surface area contributed by atoms with E-state index in [9.17, 15) is 9.59 Å². The van der Waals surface area contributed by atoms with Crippen LogP contribution in [0.15, 0.2) is 35.4 Å². The van der Waals surface area contributed by atoms with Crippen molar-refractivity contribution in [2.24, 2.45) is 10.5 Å². The van der Waals surface area contributed by atoms with Crippen LogP contribution in [0, 0.1) is 5.41 Å². The summed E-state index contributed by atoms with van der Waals surface area (Å²) in [4.78, 5) is 30.6. The Morgan fingerprint density at radius 2 is 1.96 bits per heavy atom. The molecule has 1 aliphatic heterocycles. The third-order valence-electron chi connectivity index (χ3n) is 3.94. The second kappa shape index (κ2) is 6.71. The molecule has 7 heteroatoms. The van der Waals surface area contributed by atoms with Crippen LogP contribution in [0.3, 0.4) is 0 Å². The van der Waals surface area contributed by atoms with Gasteiger partial charge in [-0.15, -0.1) is 0 Å². The first-order valence-corrected chi connectivity index (χ1v) is 7.55. The monoisotopic (exact) mass is 315 g/mol. The maximum atomic E-state index is 12.5. The highest BCUT2D eigenvalue weighted by Crippen LogP contribution is 2.27. The van der Waals surface area contributed by atoms with Gasteiger partial charge in [-0.2, -0.15) is 0 Å². The molecule has 0 N–H and O–H groups in total. The third kappa shape index (κ3) is 3.81. The lowest BCUT2D eigenvalue weighted by molar-refractivity contribution is -0.128. The molecule has 1 aliphatic rings. The van der Waals surface area contributed by atoms with Crippen LogP contribution < -0.4 is 4.90 Å². The van der Waals surface area contributed by atoms with Gasteiger partial charge in [-0.05, 0) is 23.1 Å². The number of benzene rings is 1. The second-order valence-corrected chi connectivity index (χ2v) is 6.61. The summed E-state index contributed by atoms with van der Waals surface area (Å²) in [6.07, 6.45) is 0.0297. The van der Waals surface area contributed by atoms with Gasteiger partial charge in [0.1, 0.15) is 0 Å². The first kappa shape index (κ1) is 16.8. The number of amides is 3. The first-order chi connectivity index (χ1) is 10.8. The molecular weight excluding hydrogens is 294 g/mol. The second-order valence-electron chi connectivity index (χ2n) is 6.61. The van der Waals surface area contributed by atoms with Crippen molar-refractivity contribution >= 4 is 17.6 Å². The number of imide groups is 1. The molecule has 0 spiro atoms. The van der Waals surface area contributed by atoms with Crippen LogP contribution in [0.5, 0.6) is 0 Å². The molecule has 0 bridgehead atoms. The molecule has 1 aromatic rings. The molecule has 1 fully saturated rings. The van der Waals surface area contributed by atoms with E-state index in [2.05, 4.69) is 10.0 Å². The fourth-order valence-corrected chi connectivity index (χ4v) is 2.47. The van der Waals surface area contributed by atoms with Gasteiger partial charge in [-0.25, -0.2) is 4.79 Å². The minimum Gasteiger partial charge on any atom is -0.292 e. The van der Waals surface area contributed by atoms with E-state index < -0.39 is 6.04 Å². The van der Waals surface area contributed by atoms with Gasteiger partial charge in [0.25, 0.3) is 0 Å². The Labute approximate surface area is 135 Å². The predicted octanol–water partition coefficient (Wildman–Crippen LogP) is 3.57. The maximum Gasteiger partial charge on any atom is 0.331 e. The van der Waals surface area contributed by atoms with Crippen LogP contribution >= 0.6 is 0 Å². The molecule has 3 amide bonds. The zero-order valence-electron chi connectivity index (χ0n) is 13.6. The van der Waals surface area contributed by atoms with Gasteiger partial charge in [-0.1, -0.05) is 44.1 Å². The molecule has 0 aromatic heterocycles. The van der Waals surface area contributed by atoms with Crippen LogP contribution in [0.4, 0.5) is 10.5 Å². The van der Waals surface area contributed by atoms with Crippen LogP contribution in [-0.4, -0.2) is 36.0 Å². The Morgan fingerprint density at radius 1 is 1.30 bits per heavy atom. The fraction of sp³-hybridized carbons (Fsp3) is 0.500. The number of carbonyl (C=O) groups excluding carboxylic acids is 2. The Kier molecular flexibility index (Phi) is 4.91. The van der Waals surface area contributed by atoms with Crippen molar-refractivity contribution in [2.45, 2.75) is 33.2 Å². The number of hydrogen-bond donors (Lipinski definition) is 0. The van der Waals surface area contributed by atoms with Crippen molar-refractivity contribution in [3.8, 4) is 0 Å². The summed E-state index contributed by atoms with van der Waals surface area (Å²) in [6.45, 7) is 6.53. The molecule has 1 aromatic carbocycles. The van der Waals surface area contributed by atoms with Crippen molar-refractivity contribution in [3.63, 3.8) is 0 Å². The van der Waals surface area contributed by atoms with Crippen molar-refractivity contribution in [3.05, 3.63) is 40.8 Å². The highest BCUT2D eigenvalue weighted by molar-refractivity contribution is 6.04. The van der Waals surface area contributed by atoms with E-state index in [1.54, 1.807) is 4.90 Å². The molecule has 0 unspecified atom stereocenters. The lowest BCUT2D eigenvalue weighted by atomic mass is 9.85. The molecule has 1 saturated heterocycles. The van der Waals surface area contributed by atoms with Crippen molar-refractivity contribution in [1.82, 2.24) is 4.90 Å². The van der Waals surface area contributed by atoms with Gasteiger partial charge in [0, 0.05) is 30.1 Å². The summed E-state index contributed by atoms with van der Waals surface area (Å²) in [5.74, 6) is -0.305. The molecule has 0 radical (unpaired) electrons. The van der Waals surface area contributed by atoms with E-state index in [0.717, 1.165) is 5.69 Å². The SMILES string of the molecule is CC(C)(C)[C@H](CC(=O)N1CCN(c2ccccc2)C1=O)N=[N+]=[N-]. The van der Waals surface area contributed by atoms with E-state index in [4.69, 9.17) is 5.53 Å². The van der Waals surface area contributed by atoms with Gasteiger partial charge in [-0.3, -0.25) is 14.6 Å². The number of azide groups is 1. The summed E-state index contributed by atoms with van der Waals surface area (Å²) in [6, 6.07) is 8.44. The minimum atomic E-state index is -0.487. The van der Waals surface area contributed by atoms with Crippen molar-refractivity contribution < 1.29 is 9.59 Å². The number of para-hydroxylation sites is 1. The smallest absolute Gasteiger partial charge is 0.292 e. The first-order valence-electron chi connectivity index (χ1n) is 7.55. The standard InChI is InChI=1S/C16H21N5O2/c1-16(2,3)13(18-19-17)11-14(22)21-10-9-20(15(21)23)12-7-5-4-6-8-12/h4-8,13H,9-11H2,1-3H3/t13-/m0/s1. The molecule has 23 heavy (non-hydrogen) atoms. The summed E-state index contributed by atoms with van der Waals surface area (Å²) < 4.78 is 0. The van der Waals surface area contributed by atoms with Crippen LogP contribution in [0.25, 0.3) is 10.4 Å². The Hall–Kier alpha value is -2.53. The number of anilines is 1. The molecule has 122 valence electrons. The summed E-state index contributed by atoms with van der Waals surface area (Å²) in [5, 5.41) is 3.72. The maximum absolute atomic E-state index is 12.5. The van der Waals surface area contributed by atoms with Gasteiger partial charge >= 0.3 is 6.03 Å². The third-order valence-corrected chi connectivity index (χ3v) is 3.94. The molecule has 1 atom stereocenters. The number of urea groups is 1. The predicted molar refractivity (Wildman–Crippen MR) is 87.9 cm³/mol. The lowest BCUT2D eigenvalue weighted by Gasteiger charge is -2.27.